The Morgan fingerprint density at radius 1 is 0.484 bits per heavy atom. The van der Waals surface area contributed by atoms with Crippen LogP contribution in [-0.4, -0.2) is 84.4 Å². The van der Waals surface area contributed by atoms with Gasteiger partial charge in [-0.2, -0.15) is 8.75 Å². The molecule has 8 rings (SSSR count). The standard InChI is InChI=1S/C44H58N2O8S3Si5/c1-47-61(9,10)53-59(5,6)27-29-13-17-31(18-14-29)41-37-39(50-25-23-48-37)43(55-41)33-21-22-34(36-35(33)45-57-46-36)44-40-38(49-24-26-51-40)42(56-44)32-19-15-30(16-20-32)28-60(7,8)54-62(11,12)52-58(2,3)4/h13-22H,23-28H2,1-12H3. The molecule has 0 unspecified atom stereocenters. The van der Waals surface area contributed by atoms with Gasteiger partial charge in [-0.05, 0) is 106 Å². The van der Waals surface area contributed by atoms with Crippen molar-refractivity contribution >= 4 is 87.5 Å². The lowest BCUT2D eigenvalue weighted by atomic mass is 10.0. The number of ether oxygens (including phenoxy) is 4. The van der Waals surface area contributed by atoms with E-state index in [0.29, 0.717) is 26.4 Å². The van der Waals surface area contributed by atoms with Crippen LogP contribution in [-0.2, 0) is 28.9 Å². The third-order valence-electron chi connectivity index (χ3n) is 10.5. The molecule has 62 heavy (non-hydrogen) atoms. The van der Waals surface area contributed by atoms with Gasteiger partial charge in [0.15, 0.2) is 48.0 Å². The van der Waals surface area contributed by atoms with Gasteiger partial charge in [0.1, 0.15) is 37.5 Å². The van der Waals surface area contributed by atoms with Crippen LogP contribution >= 0.6 is 34.4 Å². The predicted molar refractivity (Wildman–Crippen MR) is 268 cm³/mol. The van der Waals surface area contributed by atoms with E-state index in [1.54, 1.807) is 29.8 Å². The van der Waals surface area contributed by atoms with E-state index in [1.807, 2.05) is 0 Å². The van der Waals surface area contributed by atoms with Gasteiger partial charge < -0.3 is 35.7 Å². The molecule has 0 saturated carbocycles. The maximum absolute atomic E-state index is 6.82. The van der Waals surface area contributed by atoms with Crippen molar-refractivity contribution in [1.29, 1.82) is 0 Å². The van der Waals surface area contributed by atoms with E-state index < -0.39 is 42.1 Å². The molecule has 0 fully saturated rings. The van der Waals surface area contributed by atoms with E-state index in [9.17, 15) is 0 Å². The lowest BCUT2D eigenvalue weighted by Crippen LogP contribution is -2.52. The zero-order valence-corrected chi connectivity index (χ0v) is 45.4. The molecule has 10 nitrogen and oxygen atoms in total. The number of hydrogen-bond donors (Lipinski definition) is 0. The van der Waals surface area contributed by atoms with E-state index in [1.165, 1.54) is 22.9 Å². The number of fused-ring (bicyclic) bond motifs is 3. The van der Waals surface area contributed by atoms with Crippen molar-refractivity contribution in [3.63, 3.8) is 0 Å². The predicted octanol–water partition coefficient (Wildman–Crippen LogP) is 12.5. The van der Waals surface area contributed by atoms with Crippen LogP contribution in [0.5, 0.6) is 23.0 Å². The molecule has 3 aromatic heterocycles. The summed E-state index contributed by atoms with van der Waals surface area (Å²) in [4.78, 5) is 4.05. The maximum atomic E-state index is 6.82. The Morgan fingerprint density at radius 3 is 1.23 bits per heavy atom. The summed E-state index contributed by atoms with van der Waals surface area (Å²) >= 11 is 4.57. The average Bonchev–Trinajstić information content (AvgIpc) is 3.93. The lowest BCUT2D eigenvalue weighted by Gasteiger charge is -2.37. The van der Waals surface area contributed by atoms with E-state index >= 15 is 0 Å². The van der Waals surface area contributed by atoms with Gasteiger partial charge in [0, 0.05) is 18.2 Å². The number of rotatable bonds is 15. The Balaban J connectivity index is 1.08. The van der Waals surface area contributed by atoms with Crippen LogP contribution in [0.25, 0.3) is 52.8 Å². The molecular weight excluding hydrogens is 921 g/mol. The van der Waals surface area contributed by atoms with Crippen LogP contribution in [0, 0.1) is 0 Å². The Morgan fingerprint density at radius 2 is 0.855 bits per heavy atom. The smallest absolute Gasteiger partial charge is 0.321 e. The molecule has 18 heteroatoms. The van der Waals surface area contributed by atoms with Gasteiger partial charge in [0.2, 0.25) is 0 Å². The SMILES string of the molecule is CO[Si](C)(C)O[Si](C)(C)Cc1ccc(-c2sc(-c3ccc(-c4sc(-c5ccc(C[Si](C)(C)O[Si](C)(C)O[Si](C)(C)C)cc5)c5c4OCCO5)c4nsnc34)c3c2OCCO3)cc1. The summed E-state index contributed by atoms with van der Waals surface area (Å²) in [7, 11) is -8.37. The third kappa shape index (κ3) is 10.1. The van der Waals surface area contributed by atoms with Crippen molar-refractivity contribution in [2.45, 2.75) is 84.1 Å². The molecule has 0 saturated heterocycles. The fourth-order valence-corrected chi connectivity index (χ4v) is 32.1. The highest BCUT2D eigenvalue weighted by Gasteiger charge is 2.39. The first-order chi connectivity index (χ1) is 29.2. The summed E-state index contributed by atoms with van der Waals surface area (Å²) in [6.07, 6.45) is 0. The largest absolute Gasteiger partial charge is 0.485 e. The van der Waals surface area contributed by atoms with Gasteiger partial charge in [0.05, 0.1) is 31.2 Å². The Labute approximate surface area is 383 Å². The van der Waals surface area contributed by atoms with Crippen molar-refractivity contribution in [3.05, 3.63) is 71.8 Å². The number of aromatic nitrogens is 2. The van der Waals surface area contributed by atoms with Crippen LogP contribution in [0.15, 0.2) is 60.7 Å². The second-order valence-electron chi connectivity index (χ2n) is 19.0. The molecule has 0 amide bonds. The molecular formula is C44H58N2O8S3Si5. The highest BCUT2D eigenvalue weighted by atomic mass is 32.1. The van der Waals surface area contributed by atoms with Crippen LogP contribution in [0.2, 0.25) is 72.0 Å². The molecule has 0 radical (unpaired) electrons. The van der Waals surface area contributed by atoms with Crippen molar-refractivity contribution < 1.29 is 35.7 Å². The van der Waals surface area contributed by atoms with Gasteiger partial charge in [-0.3, -0.25) is 0 Å². The quantitative estimate of drug-likeness (QED) is 0.0925. The Bertz CT molecular complexity index is 2570. The number of benzene rings is 3. The van der Waals surface area contributed by atoms with Gasteiger partial charge in [-0.1, -0.05) is 60.7 Å². The lowest BCUT2D eigenvalue weighted by molar-refractivity contribution is 0.175. The maximum Gasteiger partial charge on any atom is 0.321 e. The second kappa shape index (κ2) is 17.4. The van der Waals surface area contributed by atoms with Gasteiger partial charge in [-0.15, -0.1) is 22.7 Å². The number of thiophene rings is 2. The number of hydrogen-bond acceptors (Lipinski definition) is 13. The Kier molecular flexibility index (Phi) is 12.8. The number of nitrogens with zero attached hydrogens (tertiary/aromatic N) is 2. The van der Waals surface area contributed by atoms with Gasteiger partial charge in [0.25, 0.3) is 0 Å². The monoisotopic (exact) mass is 978 g/mol. The summed E-state index contributed by atoms with van der Waals surface area (Å²) in [6, 6.07) is 23.8. The highest BCUT2D eigenvalue weighted by molar-refractivity contribution is 7.20. The summed E-state index contributed by atoms with van der Waals surface area (Å²) in [5.41, 5.74) is 8.27. The fraction of sp³-hybridized carbons (Fsp3) is 0.409. The van der Waals surface area contributed by atoms with E-state index in [-0.39, 0.29) is 0 Å². The van der Waals surface area contributed by atoms with Crippen molar-refractivity contribution in [2.75, 3.05) is 33.5 Å². The molecule has 0 aliphatic carbocycles. The molecule has 2 aliphatic rings. The summed E-state index contributed by atoms with van der Waals surface area (Å²) < 4.78 is 60.9. The van der Waals surface area contributed by atoms with Crippen molar-refractivity contribution in [1.82, 2.24) is 8.75 Å². The molecule has 0 atom stereocenters. The summed E-state index contributed by atoms with van der Waals surface area (Å²) in [5.74, 6) is 3.09. The van der Waals surface area contributed by atoms with Crippen molar-refractivity contribution in [3.8, 4) is 64.8 Å². The average molecular weight is 980 g/mol. The highest BCUT2D eigenvalue weighted by Crippen LogP contribution is 2.57. The summed E-state index contributed by atoms with van der Waals surface area (Å²) in [6.45, 7) is 26.4. The first kappa shape index (κ1) is 45.6. The van der Waals surface area contributed by atoms with Gasteiger partial charge >= 0.3 is 17.1 Å². The fourth-order valence-electron chi connectivity index (χ4n) is 8.60. The molecule has 2 aliphatic heterocycles. The first-order valence-corrected chi connectivity index (χ1v) is 38.8. The molecule has 0 bridgehead atoms. The molecule has 0 N–H and O–H groups in total. The van der Waals surface area contributed by atoms with Crippen LogP contribution < -0.4 is 18.9 Å². The minimum atomic E-state index is -2.24. The van der Waals surface area contributed by atoms with Crippen LogP contribution in [0.3, 0.4) is 0 Å². The minimum absolute atomic E-state index is 0.482. The summed E-state index contributed by atoms with van der Waals surface area (Å²) in [5, 5.41) is 0. The normalized spacial score (nSPS) is 14.8. The van der Waals surface area contributed by atoms with Crippen molar-refractivity contribution in [2.24, 2.45) is 0 Å². The molecule has 330 valence electrons. The van der Waals surface area contributed by atoms with Crippen LogP contribution in [0.4, 0.5) is 0 Å². The molecule has 6 aromatic rings. The molecule has 5 heterocycles. The van der Waals surface area contributed by atoms with E-state index in [0.717, 1.165) is 87.9 Å². The van der Waals surface area contributed by atoms with E-state index in [2.05, 4.69) is 133 Å². The molecule has 3 aromatic carbocycles. The zero-order valence-electron chi connectivity index (χ0n) is 37.9. The topological polar surface area (TPSA) is 99.6 Å². The Hall–Kier alpha value is -3.00. The van der Waals surface area contributed by atoms with Crippen LogP contribution in [0.1, 0.15) is 11.1 Å². The van der Waals surface area contributed by atoms with Gasteiger partial charge in [-0.25, -0.2) is 0 Å². The molecule has 0 spiro atoms. The third-order valence-corrected chi connectivity index (χ3v) is 29.8. The zero-order chi connectivity index (χ0) is 44.2. The van der Waals surface area contributed by atoms with E-state index in [4.69, 9.17) is 44.5 Å². The minimum Gasteiger partial charge on any atom is -0.485 e. The second-order valence-corrected chi connectivity index (χ2v) is 42.0. The first-order valence-electron chi connectivity index (χ1n) is 21.2.